The van der Waals surface area contributed by atoms with Gasteiger partial charge in [0, 0.05) is 16.2 Å². The number of ether oxygens (including phenoxy) is 1. The van der Waals surface area contributed by atoms with Crippen molar-refractivity contribution in [3.63, 3.8) is 0 Å². The Labute approximate surface area is 214 Å². The largest absolute Gasteiger partial charge is 0.489 e. The maximum Gasteiger partial charge on any atom is 0.256 e. The molecule has 3 aromatic carbocycles. The highest BCUT2D eigenvalue weighted by molar-refractivity contribution is 9.10. The van der Waals surface area contributed by atoms with Crippen LogP contribution in [0.2, 0.25) is 15.1 Å². The Kier molecular flexibility index (Phi) is 7.60. The van der Waals surface area contributed by atoms with Gasteiger partial charge in [-0.05, 0) is 53.6 Å². The lowest BCUT2D eigenvalue weighted by Crippen LogP contribution is -2.13. The van der Waals surface area contributed by atoms with Crippen molar-refractivity contribution in [2.75, 3.05) is 5.32 Å². The van der Waals surface area contributed by atoms with Gasteiger partial charge in [-0.1, -0.05) is 75.0 Å². The van der Waals surface area contributed by atoms with Crippen LogP contribution in [0.5, 0.6) is 5.75 Å². The van der Waals surface area contributed by atoms with E-state index in [-0.39, 0.29) is 11.7 Å². The van der Waals surface area contributed by atoms with Gasteiger partial charge in [0.1, 0.15) is 17.4 Å². The SMILES string of the molecule is O=C(Nc1nn(Cc2ccc(Cl)c(Cl)c2)cc1Cl)c1cccc(COc2cccc(Br)c2)c1. The third-order valence-corrected chi connectivity index (χ3v) is 6.18. The van der Waals surface area contributed by atoms with Gasteiger partial charge in [0.2, 0.25) is 0 Å². The number of nitrogens with one attached hydrogen (secondary N) is 1. The fourth-order valence-electron chi connectivity index (χ4n) is 3.09. The van der Waals surface area contributed by atoms with E-state index >= 15 is 0 Å². The average molecular weight is 566 g/mol. The molecule has 0 spiro atoms. The van der Waals surface area contributed by atoms with E-state index in [1.807, 2.05) is 36.4 Å². The highest BCUT2D eigenvalue weighted by atomic mass is 79.9. The summed E-state index contributed by atoms with van der Waals surface area (Å²) >= 11 is 21.8. The van der Waals surface area contributed by atoms with Crippen molar-refractivity contribution < 1.29 is 9.53 Å². The van der Waals surface area contributed by atoms with Gasteiger partial charge in [-0.3, -0.25) is 9.48 Å². The molecule has 0 bridgehead atoms. The predicted molar refractivity (Wildman–Crippen MR) is 136 cm³/mol. The molecule has 168 valence electrons. The molecular formula is C24H17BrCl3N3O2. The first kappa shape index (κ1) is 23.6. The Bertz CT molecular complexity index is 1310. The van der Waals surface area contributed by atoms with Crippen LogP contribution in [0, 0.1) is 0 Å². The van der Waals surface area contributed by atoms with Gasteiger partial charge in [-0.2, -0.15) is 5.10 Å². The zero-order valence-electron chi connectivity index (χ0n) is 17.1. The second-order valence-electron chi connectivity index (χ2n) is 7.17. The van der Waals surface area contributed by atoms with E-state index in [1.165, 1.54) is 0 Å². The van der Waals surface area contributed by atoms with Crippen molar-refractivity contribution in [3.8, 4) is 5.75 Å². The van der Waals surface area contributed by atoms with Gasteiger partial charge in [0.05, 0.1) is 16.6 Å². The lowest BCUT2D eigenvalue weighted by molar-refractivity contribution is 0.102. The van der Waals surface area contributed by atoms with Gasteiger partial charge in [-0.15, -0.1) is 0 Å². The number of nitrogens with zero attached hydrogens (tertiary/aromatic N) is 2. The summed E-state index contributed by atoms with van der Waals surface area (Å²) in [5.74, 6) is 0.692. The van der Waals surface area contributed by atoms with Crippen LogP contribution in [0.4, 0.5) is 5.82 Å². The molecule has 1 heterocycles. The Morgan fingerprint density at radius 1 is 0.939 bits per heavy atom. The molecule has 1 amide bonds. The van der Waals surface area contributed by atoms with Gasteiger partial charge in [-0.25, -0.2) is 0 Å². The van der Waals surface area contributed by atoms with Crippen molar-refractivity contribution in [2.45, 2.75) is 13.2 Å². The van der Waals surface area contributed by atoms with Crippen LogP contribution in [0.1, 0.15) is 21.5 Å². The summed E-state index contributed by atoms with van der Waals surface area (Å²) in [5.41, 5.74) is 2.24. The van der Waals surface area contributed by atoms with Crippen LogP contribution in [-0.4, -0.2) is 15.7 Å². The summed E-state index contributed by atoms with van der Waals surface area (Å²) in [6, 6.07) is 20.1. The minimum Gasteiger partial charge on any atom is -0.489 e. The quantitative estimate of drug-likeness (QED) is 0.253. The molecule has 0 unspecified atom stereocenters. The van der Waals surface area contributed by atoms with E-state index in [1.54, 1.807) is 41.2 Å². The molecule has 0 fully saturated rings. The van der Waals surface area contributed by atoms with Crippen LogP contribution in [0.3, 0.4) is 0 Å². The molecule has 1 N–H and O–H groups in total. The molecule has 0 aliphatic rings. The normalized spacial score (nSPS) is 10.8. The Morgan fingerprint density at radius 3 is 2.55 bits per heavy atom. The van der Waals surface area contributed by atoms with Crippen LogP contribution >= 0.6 is 50.7 Å². The van der Waals surface area contributed by atoms with Crippen molar-refractivity contribution in [1.82, 2.24) is 9.78 Å². The van der Waals surface area contributed by atoms with Crippen molar-refractivity contribution in [2.24, 2.45) is 0 Å². The van der Waals surface area contributed by atoms with Gasteiger partial charge < -0.3 is 10.1 Å². The number of anilines is 1. The van der Waals surface area contributed by atoms with Gasteiger partial charge in [0.25, 0.3) is 5.91 Å². The number of hydrogen-bond donors (Lipinski definition) is 1. The van der Waals surface area contributed by atoms with Gasteiger partial charge in [0.15, 0.2) is 5.82 Å². The van der Waals surface area contributed by atoms with Crippen molar-refractivity contribution in [1.29, 1.82) is 0 Å². The molecule has 4 aromatic rings. The first-order valence-corrected chi connectivity index (χ1v) is 11.8. The predicted octanol–water partition coefficient (Wildman–Crippen LogP) is 7.49. The van der Waals surface area contributed by atoms with E-state index in [2.05, 4.69) is 26.3 Å². The number of rotatable bonds is 7. The molecule has 1 aromatic heterocycles. The fourth-order valence-corrected chi connectivity index (χ4v) is 3.99. The monoisotopic (exact) mass is 563 g/mol. The van der Waals surface area contributed by atoms with Crippen LogP contribution in [0.15, 0.2) is 77.4 Å². The molecule has 0 saturated carbocycles. The maximum absolute atomic E-state index is 12.8. The van der Waals surface area contributed by atoms with E-state index in [0.717, 1.165) is 21.3 Å². The molecule has 0 aliphatic heterocycles. The zero-order chi connectivity index (χ0) is 23.4. The molecule has 0 atom stereocenters. The maximum atomic E-state index is 12.8. The van der Waals surface area contributed by atoms with E-state index < -0.39 is 0 Å². The topological polar surface area (TPSA) is 56.2 Å². The first-order valence-electron chi connectivity index (χ1n) is 9.83. The minimum atomic E-state index is -0.319. The lowest BCUT2D eigenvalue weighted by Gasteiger charge is -2.08. The van der Waals surface area contributed by atoms with Crippen LogP contribution < -0.4 is 10.1 Å². The van der Waals surface area contributed by atoms with E-state index in [0.29, 0.717) is 33.8 Å². The van der Waals surface area contributed by atoms with Crippen LogP contribution in [0.25, 0.3) is 0 Å². The number of benzene rings is 3. The smallest absolute Gasteiger partial charge is 0.256 e. The number of aromatic nitrogens is 2. The number of hydrogen-bond acceptors (Lipinski definition) is 3. The summed E-state index contributed by atoms with van der Waals surface area (Å²) < 4.78 is 8.36. The Morgan fingerprint density at radius 2 is 1.76 bits per heavy atom. The molecule has 9 heteroatoms. The fraction of sp³-hybridized carbons (Fsp3) is 0.0833. The van der Waals surface area contributed by atoms with Crippen molar-refractivity contribution >= 4 is 62.5 Å². The molecule has 0 aliphatic carbocycles. The summed E-state index contributed by atoms with van der Waals surface area (Å²) in [6.45, 7) is 0.755. The molecule has 0 saturated heterocycles. The number of carbonyl (C=O) groups excluding carboxylic acids is 1. The first-order chi connectivity index (χ1) is 15.9. The van der Waals surface area contributed by atoms with Crippen LogP contribution in [-0.2, 0) is 13.2 Å². The molecule has 4 rings (SSSR count). The van der Waals surface area contributed by atoms with E-state index in [9.17, 15) is 4.79 Å². The summed E-state index contributed by atoms with van der Waals surface area (Å²) in [4.78, 5) is 12.8. The molecular weight excluding hydrogens is 549 g/mol. The van der Waals surface area contributed by atoms with Crippen molar-refractivity contribution in [3.05, 3.63) is 109 Å². The minimum absolute atomic E-state index is 0.275. The Hall–Kier alpha value is -2.51. The highest BCUT2D eigenvalue weighted by Crippen LogP contribution is 2.25. The summed E-state index contributed by atoms with van der Waals surface area (Å²) in [5, 5.41) is 8.42. The Balaban J connectivity index is 1.41. The number of carbonyl (C=O) groups is 1. The third kappa shape index (κ3) is 6.30. The molecule has 33 heavy (non-hydrogen) atoms. The average Bonchev–Trinajstić information content (AvgIpc) is 3.13. The van der Waals surface area contributed by atoms with E-state index in [4.69, 9.17) is 39.5 Å². The molecule has 0 radical (unpaired) electrons. The zero-order valence-corrected chi connectivity index (χ0v) is 20.9. The highest BCUT2D eigenvalue weighted by Gasteiger charge is 2.13. The second-order valence-corrected chi connectivity index (χ2v) is 9.31. The lowest BCUT2D eigenvalue weighted by atomic mass is 10.1. The van der Waals surface area contributed by atoms with Gasteiger partial charge >= 0.3 is 0 Å². The third-order valence-electron chi connectivity index (χ3n) is 4.67. The number of amides is 1. The molecule has 5 nitrogen and oxygen atoms in total. The second kappa shape index (κ2) is 10.6. The summed E-state index contributed by atoms with van der Waals surface area (Å²) in [7, 11) is 0. The standard InChI is InChI=1S/C24H17BrCl3N3O2/c25-18-5-2-6-19(11-18)33-14-16-3-1-4-17(9-16)24(32)29-23-22(28)13-31(30-23)12-15-7-8-20(26)21(27)10-15/h1-11,13H,12,14H2,(H,29,30,32). The summed E-state index contributed by atoms with van der Waals surface area (Å²) in [6.07, 6.45) is 1.64. The number of halogens is 4.